The van der Waals surface area contributed by atoms with Crippen LogP contribution in [0, 0.1) is 19.7 Å². The molecule has 21 heavy (non-hydrogen) atoms. The smallest absolute Gasteiger partial charge is 0.217 e. The number of benzene rings is 1. The number of hydrogen-bond donors (Lipinski definition) is 0. The normalized spacial score (nSPS) is 13.0. The molecule has 0 aliphatic heterocycles. The zero-order valence-electron chi connectivity index (χ0n) is 12.0. The molecular formula is C15H15ClFN3O. The topological polar surface area (TPSA) is 43.9 Å². The van der Waals surface area contributed by atoms with E-state index < -0.39 is 0 Å². The van der Waals surface area contributed by atoms with Crippen molar-refractivity contribution in [2.24, 2.45) is 0 Å². The second kappa shape index (κ2) is 5.15. The summed E-state index contributed by atoms with van der Waals surface area (Å²) in [5.74, 6) is 1.96. The lowest BCUT2D eigenvalue weighted by Gasteiger charge is -2.14. The van der Waals surface area contributed by atoms with Gasteiger partial charge in [0, 0.05) is 6.07 Å². The molecule has 1 aromatic carbocycles. The first kappa shape index (κ1) is 14.1. The summed E-state index contributed by atoms with van der Waals surface area (Å²) >= 11 is 5.99. The lowest BCUT2D eigenvalue weighted by atomic mass is 10.2. The highest BCUT2D eigenvalue weighted by atomic mass is 35.5. The van der Waals surface area contributed by atoms with E-state index in [0.717, 1.165) is 11.3 Å². The molecule has 110 valence electrons. The van der Waals surface area contributed by atoms with Crippen molar-refractivity contribution in [3.05, 3.63) is 47.2 Å². The van der Waals surface area contributed by atoms with Crippen molar-refractivity contribution in [2.75, 3.05) is 0 Å². The molecule has 0 N–H and O–H groups in total. The van der Waals surface area contributed by atoms with Crippen LogP contribution in [0.2, 0.25) is 0 Å². The maximum atomic E-state index is 13.7. The summed E-state index contributed by atoms with van der Waals surface area (Å²) in [6, 6.07) is 3.05. The van der Waals surface area contributed by atoms with Crippen LogP contribution in [0.15, 0.2) is 22.7 Å². The fourth-order valence-electron chi connectivity index (χ4n) is 2.47. The van der Waals surface area contributed by atoms with Crippen molar-refractivity contribution in [2.45, 2.75) is 32.7 Å². The van der Waals surface area contributed by atoms with E-state index in [-0.39, 0.29) is 17.7 Å². The first-order valence-electron chi connectivity index (χ1n) is 6.66. The Kier molecular flexibility index (Phi) is 3.45. The SMILES string of the molecule is Cc1cnc(C(C)n2c(CCl)nc3cc(F)c(C)cc32)o1. The lowest BCUT2D eigenvalue weighted by Crippen LogP contribution is -2.10. The molecule has 3 rings (SSSR count). The number of imidazole rings is 1. The van der Waals surface area contributed by atoms with Crippen molar-refractivity contribution in [1.29, 1.82) is 0 Å². The van der Waals surface area contributed by atoms with Crippen LogP contribution in [0.3, 0.4) is 0 Å². The van der Waals surface area contributed by atoms with Gasteiger partial charge in [-0.25, -0.2) is 14.4 Å². The quantitative estimate of drug-likeness (QED) is 0.683. The van der Waals surface area contributed by atoms with Gasteiger partial charge in [-0.2, -0.15) is 0 Å². The van der Waals surface area contributed by atoms with Crippen molar-refractivity contribution in [3.8, 4) is 0 Å². The third-order valence-corrected chi connectivity index (χ3v) is 3.79. The monoisotopic (exact) mass is 307 g/mol. The van der Waals surface area contributed by atoms with Gasteiger partial charge in [-0.15, -0.1) is 11.6 Å². The zero-order chi connectivity index (χ0) is 15.1. The fourth-order valence-corrected chi connectivity index (χ4v) is 2.66. The molecule has 0 saturated heterocycles. The number of fused-ring (bicyclic) bond motifs is 1. The van der Waals surface area contributed by atoms with Crippen LogP contribution in [0.1, 0.15) is 36.0 Å². The predicted molar refractivity (Wildman–Crippen MR) is 79.0 cm³/mol. The molecule has 0 amide bonds. The first-order valence-corrected chi connectivity index (χ1v) is 7.20. The molecule has 0 saturated carbocycles. The molecular weight excluding hydrogens is 293 g/mol. The Hall–Kier alpha value is -1.88. The summed E-state index contributed by atoms with van der Waals surface area (Å²) in [7, 11) is 0. The summed E-state index contributed by atoms with van der Waals surface area (Å²) < 4.78 is 21.2. The summed E-state index contributed by atoms with van der Waals surface area (Å²) in [5, 5.41) is 0. The molecule has 0 radical (unpaired) electrons. The van der Waals surface area contributed by atoms with Gasteiger partial charge >= 0.3 is 0 Å². The van der Waals surface area contributed by atoms with Crippen LogP contribution in [0.5, 0.6) is 0 Å². The average molecular weight is 308 g/mol. The predicted octanol–water partition coefficient (Wildman–Crippen LogP) is 4.13. The van der Waals surface area contributed by atoms with Crippen LogP contribution in [-0.2, 0) is 5.88 Å². The molecule has 0 fully saturated rings. The molecule has 1 unspecified atom stereocenters. The van der Waals surface area contributed by atoms with Gasteiger partial charge in [-0.1, -0.05) is 0 Å². The Morgan fingerprint density at radius 1 is 1.38 bits per heavy atom. The Bertz CT molecular complexity index is 809. The molecule has 0 bridgehead atoms. The molecule has 0 aliphatic carbocycles. The van der Waals surface area contributed by atoms with Gasteiger partial charge in [0.05, 0.1) is 23.1 Å². The van der Waals surface area contributed by atoms with Gasteiger partial charge in [0.1, 0.15) is 23.4 Å². The van der Waals surface area contributed by atoms with Crippen molar-refractivity contribution < 1.29 is 8.81 Å². The number of rotatable bonds is 3. The van der Waals surface area contributed by atoms with E-state index in [2.05, 4.69) is 9.97 Å². The van der Waals surface area contributed by atoms with Gasteiger partial charge in [0.25, 0.3) is 0 Å². The van der Waals surface area contributed by atoms with Crippen LogP contribution < -0.4 is 0 Å². The number of hydrogen-bond acceptors (Lipinski definition) is 3. The maximum absolute atomic E-state index is 13.7. The third-order valence-electron chi connectivity index (χ3n) is 3.55. The van der Waals surface area contributed by atoms with Gasteiger partial charge in [-0.05, 0) is 32.4 Å². The van der Waals surface area contributed by atoms with Gasteiger partial charge in [-0.3, -0.25) is 0 Å². The Balaban J connectivity index is 2.22. The average Bonchev–Trinajstić information content (AvgIpc) is 3.02. The molecule has 3 aromatic rings. The number of nitrogens with zero attached hydrogens (tertiary/aromatic N) is 3. The van der Waals surface area contributed by atoms with Crippen LogP contribution >= 0.6 is 11.6 Å². The molecule has 4 nitrogen and oxygen atoms in total. The van der Waals surface area contributed by atoms with Crippen molar-refractivity contribution in [1.82, 2.24) is 14.5 Å². The minimum atomic E-state index is -0.270. The lowest BCUT2D eigenvalue weighted by molar-refractivity contribution is 0.415. The Morgan fingerprint density at radius 2 is 2.14 bits per heavy atom. The van der Waals surface area contributed by atoms with E-state index in [4.69, 9.17) is 16.0 Å². The number of oxazole rings is 1. The molecule has 0 spiro atoms. The summed E-state index contributed by atoms with van der Waals surface area (Å²) in [6.07, 6.45) is 1.68. The highest BCUT2D eigenvalue weighted by Gasteiger charge is 2.21. The van der Waals surface area contributed by atoms with E-state index in [0.29, 0.717) is 22.8 Å². The molecule has 2 aromatic heterocycles. The molecule has 6 heteroatoms. The second-order valence-electron chi connectivity index (χ2n) is 5.11. The van der Waals surface area contributed by atoms with E-state index >= 15 is 0 Å². The minimum absolute atomic E-state index is 0.165. The van der Waals surface area contributed by atoms with Crippen molar-refractivity contribution in [3.63, 3.8) is 0 Å². The molecule has 0 aliphatic rings. The first-order chi connectivity index (χ1) is 10.0. The molecule has 2 heterocycles. The summed E-state index contributed by atoms with van der Waals surface area (Å²) in [5.41, 5.74) is 1.98. The van der Waals surface area contributed by atoms with Crippen LogP contribution in [0.25, 0.3) is 11.0 Å². The van der Waals surface area contributed by atoms with E-state index in [1.807, 2.05) is 18.4 Å². The van der Waals surface area contributed by atoms with Gasteiger partial charge in [0.15, 0.2) is 0 Å². The van der Waals surface area contributed by atoms with Crippen LogP contribution in [-0.4, -0.2) is 14.5 Å². The van der Waals surface area contributed by atoms with Gasteiger partial charge in [0.2, 0.25) is 5.89 Å². The number of alkyl halides is 1. The van der Waals surface area contributed by atoms with Crippen molar-refractivity contribution >= 4 is 22.6 Å². The van der Waals surface area contributed by atoms with E-state index in [1.165, 1.54) is 6.07 Å². The maximum Gasteiger partial charge on any atom is 0.217 e. The highest BCUT2D eigenvalue weighted by molar-refractivity contribution is 6.16. The van der Waals surface area contributed by atoms with E-state index in [9.17, 15) is 4.39 Å². The standard InChI is InChI=1S/C15H15ClFN3O/c1-8-4-13-12(5-11(8)17)19-14(6-16)20(13)10(3)15-18-7-9(2)21-15/h4-5,7,10H,6H2,1-3H3. The minimum Gasteiger partial charge on any atom is -0.444 e. The number of aromatic nitrogens is 3. The van der Waals surface area contributed by atoms with Crippen LogP contribution in [0.4, 0.5) is 4.39 Å². The highest BCUT2D eigenvalue weighted by Crippen LogP contribution is 2.28. The second-order valence-corrected chi connectivity index (χ2v) is 5.37. The number of aryl methyl sites for hydroxylation is 2. The zero-order valence-corrected chi connectivity index (χ0v) is 12.8. The Labute approximate surface area is 126 Å². The number of halogens is 2. The summed E-state index contributed by atoms with van der Waals surface area (Å²) in [4.78, 5) is 8.67. The third kappa shape index (κ3) is 2.31. The molecule has 1 atom stereocenters. The largest absolute Gasteiger partial charge is 0.444 e. The summed E-state index contributed by atoms with van der Waals surface area (Å²) in [6.45, 7) is 5.53. The fraction of sp³-hybridized carbons (Fsp3) is 0.333. The van der Waals surface area contributed by atoms with Gasteiger partial charge < -0.3 is 8.98 Å². The van der Waals surface area contributed by atoms with E-state index in [1.54, 1.807) is 19.2 Å². The Morgan fingerprint density at radius 3 is 2.76 bits per heavy atom.